The lowest BCUT2D eigenvalue weighted by Crippen LogP contribution is -2.16. The van der Waals surface area contributed by atoms with E-state index in [9.17, 15) is 13.2 Å². The molecule has 1 nitrogen and oxygen atoms in total. The maximum Gasteiger partial charge on any atom is 0.418 e. The maximum atomic E-state index is 12.6. The van der Waals surface area contributed by atoms with Crippen molar-refractivity contribution in [2.24, 2.45) is 0 Å². The van der Waals surface area contributed by atoms with Crippen molar-refractivity contribution in [3.05, 3.63) is 29.1 Å². The van der Waals surface area contributed by atoms with Gasteiger partial charge < -0.3 is 0 Å². The van der Waals surface area contributed by atoms with Crippen LogP contribution in [-0.4, -0.2) is 4.98 Å². The molecule has 1 rings (SSSR count). The summed E-state index contributed by atoms with van der Waals surface area (Å²) in [5.74, 6) is 0. The fourth-order valence-electron chi connectivity index (χ4n) is 1.23. The van der Waals surface area contributed by atoms with Gasteiger partial charge in [0, 0.05) is 11.9 Å². The van der Waals surface area contributed by atoms with Gasteiger partial charge in [0.05, 0.1) is 5.56 Å². The number of hydrogen-bond acceptors (Lipinski definition) is 1. The van der Waals surface area contributed by atoms with Crippen LogP contribution < -0.4 is 0 Å². The Morgan fingerprint density at radius 1 is 1.13 bits per heavy atom. The van der Waals surface area contributed by atoms with E-state index in [2.05, 4.69) is 4.98 Å². The molecule has 0 bridgehead atoms. The van der Waals surface area contributed by atoms with E-state index in [1.54, 1.807) is 0 Å². The molecule has 84 valence electrons. The van der Waals surface area contributed by atoms with Crippen molar-refractivity contribution in [2.75, 3.05) is 0 Å². The van der Waals surface area contributed by atoms with Crippen molar-refractivity contribution in [1.29, 1.82) is 0 Å². The monoisotopic (exact) mass is 217 g/mol. The zero-order valence-electron chi connectivity index (χ0n) is 9.24. The van der Waals surface area contributed by atoms with E-state index in [0.29, 0.717) is 5.56 Å². The van der Waals surface area contributed by atoms with E-state index in [-0.39, 0.29) is 11.1 Å². The first kappa shape index (κ1) is 12.0. The summed E-state index contributed by atoms with van der Waals surface area (Å²) in [5.41, 5.74) is -0.341. The van der Waals surface area contributed by atoms with Gasteiger partial charge in [-0.2, -0.15) is 13.2 Å². The van der Waals surface area contributed by atoms with Gasteiger partial charge in [-0.05, 0) is 24.0 Å². The van der Waals surface area contributed by atoms with E-state index in [4.69, 9.17) is 0 Å². The Balaban J connectivity index is 3.30. The quantitative estimate of drug-likeness (QED) is 0.645. The largest absolute Gasteiger partial charge is 0.418 e. The molecule has 0 unspecified atom stereocenters. The summed E-state index contributed by atoms with van der Waals surface area (Å²) in [7, 11) is 0. The second-order valence-corrected chi connectivity index (χ2v) is 4.60. The van der Waals surface area contributed by atoms with Crippen molar-refractivity contribution in [1.82, 2.24) is 4.98 Å². The molecule has 0 amide bonds. The summed E-state index contributed by atoms with van der Waals surface area (Å²) < 4.78 is 37.7. The van der Waals surface area contributed by atoms with Crippen LogP contribution in [0.5, 0.6) is 0 Å². The Morgan fingerprint density at radius 3 is 2.07 bits per heavy atom. The predicted octanol–water partition coefficient (Wildman–Crippen LogP) is 3.71. The van der Waals surface area contributed by atoms with Crippen molar-refractivity contribution in [2.45, 2.75) is 39.3 Å². The molecule has 0 aliphatic carbocycles. The van der Waals surface area contributed by atoms with Crippen LogP contribution in [0.2, 0.25) is 0 Å². The number of halogens is 3. The van der Waals surface area contributed by atoms with Crippen LogP contribution in [0.1, 0.15) is 37.6 Å². The summed E-state index contributed by atoms with van der Waals surface area (Å²) >= 11 is 0. The summed E-state index contributed by atoms with van der Waals surface area (Å²) in [4.78, 5) is 3.79. The normalized spacial score (nSPS) is 13.0. The van der Waals surface area contributed by atoms with Crippen LogP contribution in [0.15, 0.2) is 12.3 Å². The summed E-state index contributed by atoms with van der Waals surface area (Å²) in [6.07, 6.45) is -2.82. The summed E-state index contributed by atoms with van der Waals surface area (Å²) in [6.45, 7) is 6.95. The van der Waals surface area contributed by atoms with Gasteiger partial charge in [0.15, 0.2) is 0 Å². The summed E-state index contributed by atoms with van der Waals surface area (Å²) in [6, 6.07) is 1.18. The van der Waals surface area contributed by atoms with Gasteiger partial charge in [0.2, 0.25) is 0 Å². The van der Waals surface area contributed by atoms with Gasteiger partial charge in [0.1, 0.15) is 0 Å². The van der Waals surface area contributed by atoms with Gasteiger partial charge in [0.25, 0.3) is 0 Å². The average molecular weight is 217 g/mol. The molecule has 1 aromatic heterocycles. The van der Waals surface area contributed by atoms with E-state index < -0.39 is 11.7 Å². The molecule has 0 fully saturated rings. The van der Waals surface area contributed by atoms with E-state index in [0.717, 1.165) is 0 Å². The molecule has 0 aromatic carbocycles. The standard InChI is InChI=1S/C11H14F3N/c1-7-9(11(12,13)14)5-8(6-15-7)10(2,3)4/h5-6H,1-4H3. The zero-order valence-corrected chi connectivity index (χ0v) is 9.24. The van der Waals surface area contributed by atoms with E-state index >= 15 is 0 Å². The zero-order chi connectivity index (χ0) is 11.9. The Kier molecular flexibility index (Phi) is 2.81. The highest BCUT2D eigenvalue weighted by Crippen LogP contribution is 2.33. The summed E-state index contributed by atoms with van der Waals surface area (Å²) in [5, 5.41) is 0. The van der Waals surface area contributed by atoms with E-state index in [1.807, 2.05) is 20.8 Å². The lowest BCUT2D eigenvalue weighted by Gasteiger charge is -2.20. The first-order chi connectivity index (χ1) is 6.62. The predicted molar refractivity (Wildman–Crippen MR) is 52.7 cm³/mol. The first-order valence-electron chi connectivity index (χ1n) is 4.66. The number of rotatable bonds is 0. The first-order valence-corrected chi connectivity index (χ1v) is 4.66. The molecule has 0 N–H and O–H groups in total. The molecular formula is C11H14F3N. The maximum absolute atomic E-state index is 12.6. The Morgan fingerprint density at radius 2 is 1.67 bits per heavy atom. The number of nitrogens with zero attached hydrogens (tertiary/aromatic N) is 1. The number of aryl methyl sites for hydroxylation is 1. The molecule has 0 aliphatic heterocycles. The molecule has 0 saturated heterocycles. The number of pyridine rings is 1. The third-order valence-corrected chi connectivity index (χ3v) is 2.26. The lowest BCUT2D eigenvalue weighted by molar-refractivity contribution is -0.138. The molecule has 0 spiro atoms. The highest BCUT2D eigenvalue weighted by molar-refractivity contribution is 5.30. The van der Waals surface area contributed by atoms with Crippen molar-refractivity contribution in [3.63, 3.8) is 0 Å². The molecule has 0 saturated carbocycles. The molecule has 1 aromatic rings. The van der Waals surface area contributed by atoms with Gasteiger partial charge in [-0.25, -0.2) is 0 Å². The van der Waals surface area contributed by atoms with Crippen LogP contribution in [0.3, 0.4) is 0 Å². The van der Waals surface area contributed by atoms with Crippen molar-refractivity contribution >= 4 is 0 Å². The van der Waals surface area contributed by atoms with Gasteiger partial charge in [-0.3, -0.25) is 4.98 Å². The molecular weight excluding hydrogens is 203 g/mol. The molecule has 1 heterocycles. The van der Waals surface area contributed by atoms with Gasteiger partial charge >= 0.3 is 6.18 Å². The minimum Gasteiger partial charge on any atom is -0.261 e. The molecule has 0 atom stereocenters. The minimum absolute atomic E-state index is 0.0236. The third kappa shape index (κ3) is 2.70. The lowest BCUT2D eigenvalue weighted by atomic mass is 9.87. The SMILES string of the molecule is Cc1ncc(C(C)(C)C)cc1C(F)(F)F. The van der Waals surface area contributed by atoms with Crippen molar-refractivity contribution < 1.29 is 13.2 Å². The smallest absolute Gasteiger partial charge is 0.261 e. The van der Waals surface area contributed by atoms with E-state index in [1.165, 1.54) is 19.2 Å². The molecule has 4 heteroatoms. The second kappa shape index (κ2) is 3.51. The topological polar surface area (TPSA) is 12.9 Å². The number of aromatic nitrogens is 1. The molecule has 15 heavy (non-hydrogen) atoms. The minimum atomic E-state index is -4.32. The number of alkyl halides is 3. The highest BCUT2D eigenvalue weighted by Gasteiger charge is 2.34. The van der Waals surface area contributed by atoms with Crippen LogP contribution in [-0.2, 0) is 11.6 Å². The second-order valence-electron chi connectivity index (χ2n) is 4.60. The Bertz CT molecular complexity index is 361. The van der Waals surface area contributed by atoms with Crippen LogP contribution in [0, 0.1) is 6.92 Å². The molecule has 0 radical (unpaired) electrons. The molecule has 0 aliphatic rings. The average Bonchev–Trinajstić information content (AvgIpc) is 2.00. The van der Waals surface area contributed by atoms with Crippen molar-refractivity contribution in [3.8, 4) is 0 Å². The van der Waals surface area contributed by atoms with Crippen LogP contribution in [0.4, 0.5) is 13.2 Å². The fraction of sp³-hybridized carbons (Fsp3) is 0.545. The fourth-order valence-corrected chi connectivity index (χ4v) is 1.23. The number of hydrogen-bond donors (Lipinski definition) is 0. The van der Waals surface area contributed by atoms with Gasteiger partial charge in [-0.15, -0.1) is 0 Å². The van der Waals surface area contributed by atoms with Crippen LogP contribution >= 0.6 is 0 Å². The highest BCUT2D eigenvalue weighted by atomic mass is 19.4. The Labute approximate surface area is 87.3 Å². The van der Waals surface area contributed by atoms with Crippen LogP contribution in [0.25, 0.3) is 0 Å². The Hall–Kier alpha value is -1.06. The van der Waals surface area contributed by atoms with Gasteiger partial charge in [-0.1, -0.05) is 20.8 Å². The third-order valence-electron chi connectivity index (χ3n) is 2.26.